The molecule has 0 amide bonds. The number of rotatable bonds is 3. The van der Waals surface area contributed by atoms with E-state index >= 15 is 0 Å². The van der Waals surface area contributed by atoms with Gasteiger partial charge in [-0.2, -0.15) is 26.3 Å². The first-order chi connectivity index (χ1) is 12.1. The summed E-state index contributed by atoms with van der Waals surface area (Å²) in [4.78, 5) is 13.9. The molecular weight excluding hydrogens is 360 g/mol. The Balaban J connectivity index is 2.06. The molecule has 0 aliphatic rings. The van der Waals surface area contributed by atoms with Gasteiger partial charge >= 0.3 is 12.4 Å². The molecule has 8 heteroatoms. The standard InChI is InChI=1S/C18H11F6NO/c19-17(20,21)12-5-4-10(15(7-12)18(22,23)24)6-13-8-14-11(9-26)2-1-3-16(14)25-13/h1-5,7-9,25H,6H2. The number of fused-ring (bicyclic) bond motifs is 1. The highest BCUT2D eigenvalue weighted by Crippen LogP contribution is 2.38. The van der Waals surface area contributed by atoms with Crippen LogP contribution in [0.3, 0.4) is 0 Å². The molecule has 2 aromatic carbocycles. The lowest BCUT2D eigenvalue weighted by atomic mass is 9.99. The molecule has 3 aromatic rings. The molecule has 1 heterocycles. The van der Waals surface area contributed by atoms with Crippen molar-refractivity contribution < 1.29 is 31.1 Å². The monoisotopic (exact) mass is 371 g/mol. The van der Waals surface area contributed by atoms with E-state index in [0.29, 0.717) is 34.5 Å². The highest BCUT2D eigenvalue weighted by Gasteiger charge is 2.38. The van der Waals surface area contributed by atoms with Crippen molar-refractivity contribution in [2.24, 2.45) is 0 Å². The van der Waals surface area contributed by atoms with E-state index in [4.69, 9.17) is 0 Å². The van der Waals surface area contributed by atoms with Crippen LogP contribution in [0.15, 0.2) is 42.5 Å². The lowest BCUT2D eigenvalue weighted by molar-refractivity contribution is -0.143. The molecule has 3 rings (SSSR count). The maximum atomic E-state index is 13.2. The van der Waals surface area contributed by atoms with Gasteiger partial charge in [0.05, 0.1) is 11.1 Å². The van der Waals surface area contributed by atoms with Gasteiger partial charge in [-0.3, -0.25) is 4.79 Å². The Morgan fingerprint density at radius 2 is 1.65 bits per heavy atom. The lowest BCUT2D eigenvalue weighted by Crippen LogP contribution is -2.13. The fraction of sp³-hybridized carbons (Fsp3) is 0.167. The number of halogens is 6. The first-order valence-corrected chi connectivity index (χ1v) is 7.42. The molecule has 1 aromatic heterocycles. The van der Waals surface area contributed by atoms with E-state index < -0.39 is 23.5 Å². The van der Waals surface area contributed by atoms with Crippen LogP contribution in [-0.4, -0.2) is 11.3 Å². The smallest absolute Gasteiger partial charge is 0.358 e. The normalized spacial score (nSPS) is 12.5. The molecule has 0 bridgehead atoms. The molecule has 26 heavy (non-hydrogen) atoms. The highest BCUT2D eigenvalue weighted by atomic mass is 19.4. The summed E-state index contributed by atoms with van der Waals surface area (Å²) in [5.41, 5.74) is -1.68. The Morgan fingerprint density at radius 1 is 0.923 bits per heavy atom. The van der Waals surface area contributed by atoms with Crippen molar-refractivity contribution in [2.45, 2.75) is 18.8 Å². The summed E-state index contributed by atoms with van der Waals surface area (Å²) in [6, 6.07) is 7.94. The number of aldehydes is 1. The van der Waals surface area contributed by atoms with E-state index in [1.165, 1.54) is 6.07 Å². The Kier molecular flexibility index (Phi) is 4.29. The predicted molar refractivity (Wildman–Crippen MR) is 82.9 cm³/mol. The zero-order valence-corrected chi connectivity index (χ0v) is 13.0. The number of carbonyl (C=O) groups excluding carboxylic acids is 1. The van der Waals surface area contributed by atoms with Gasteiger partial charge in [-0.05, 0) is 29.8 Å². The van der Waals surface area contributed by atoms with Crippen LogP contribution in [0.5, 0.6) is 0 Å². The molecule has 2 nitrogen and oxygen atoms in total. The van der Waals surface area contributed by atoms with Crippen LogP contribution >= 0.6 is 0 Å². The molecule has 136 valence electrons. The molecule has 0 aliphatic carbocycles. The first kappa shape index (κ1) is 18.0. The zero-order chi connectivity index (χ0) is 19.1. The van der Waals surface area contributed by atoms with Gasteiger partial charge in [0.1, 0.15) is 0 Å². The topological polar surface area (TPSA) is 32.9 Å². The summed E-state index contributed by atoms with van der Waals surface area (Å²) in [5, 5.41) is 0.540. The third-order valence-electron chi connectivity index (χ3n) is 4.00. The number of H-pyrrole nitrogens is 1. The quantitative estimate of drug-likeness (QED) is 0.471. The molecule has 0 unspecified atom stereocenters. The van der Waals surface area contributed by atoms with E-state index in [1.807, 2.05) is 0 Å². The van der Waals surface area contributed by atoms with Crippen molar-refractivity contribution in [3.8, 4) is 0 Å². The average Bonchev–Trinajstić information content (AvgIpc) is 2.95. The van der Waals surface area contributed by atoms with Crippen molar-refractivity contribution in [1.29, 1.82) is 0 Å². The molecule has 1 N–H and O–H groups in total. The number of benzene rings is 2. The summed E-state index contributed by atoms with van der Waals surface area (Å²) >= 11 is 0. The molecule has 0 saturated carbocycles. The van der Waals surface area contributed by atoms with Gasteiger partial charge < -0.3 is 4.98 Å². The summed E-state index contributed by atoms with van der Waals surface area (Å²) in [7, 11) is 0. The number of carbonyl (C=O) groups is 1. The van der Waals surface area contributed by atoms with Crippen LogP contribution < -0.4 is 0 Å². The predicted octanol–water partition coefficient (Wildman–Crippen LogP) is 5.61. The van der Waals surface area contributed by atoms with E-state index in [9.17, 15) is 31.1 Å². The van der Waals surface area contributed by atoms with Gasteiger partial charge in [-0.1, -0.05) is 18.2 Å². The van der Waals surface area contributed by atoms with Crippen molar-refractivity contribution in [1.82, 2.24) is 4.98 Å². The number of nitrogens with one attached hydrogen (secondary N) is 1. The van der Waals surface area contributed by atoms with Gasteiger partial charge in [-0.25, -0.2) is 0 Å². The number of aromatic amines is 1. The summed E-state index contributed by atoms with van der Waals surface area (Å²) < 4.78 is 77.8. The van der Waals surface area contributed by atoms with Crippen LogP contribution in [0, 0.1) is 0 Å². The van der Waals surface area contributed by atoms with E-state index in [2.05, 4.69) is 4.98 Å². The van der Waals surface area contributed by atoms with Crippen LogP contribution in [0.2, 0.25) is 0 Å². The van der Waals surface area contributed by atoms with Crippen LogP contribution in [-0.2, 0) is 18.8 Å². The second-order valence-electron chi connectivity index (χ2n) is 5.77. The first-order valence-electron chi connectivity index (χ1n) is 7.42. The van der Waals surface area contributed by atoms with Crippen molar-refractivity contribution in [3.63, 3.8) is 0 Å². The lowest BCUT2D eigenvalue weighted by Gasteiger charge is -2.15. The average molecular weight is 371 g/mol. The van der Waals surface area contributed by atoms with Gasteiger partial charge in [0, 0.05) is 28.6 Å². The Morgan fingerprint density at radius 3 is 2.27 bits per heavy atom. The van der Waals surface area contributed by atoms with Gasteiger partial charge in [0.25, 0.3) is 0 Å². The van der Waals surface area contributed by atoms with Crippen molar-refractivity contribution >= 4 is 17.2 Å². The SMILES string of the molecule is O=Cc1cccc2[nH]c(Cc3ccc(C(F)(F)F)cc3C(F)(F)F)cc12. The number of alkyl halides is 6. The largest absolute Gasteiger partial charge is 0.416 e. The summed E-state index contributed by atoms with van der Waals surface area (Å²) in [6.07, 6.45) is -9.41. The second kappa shape index (κ2) is 6.19. The fourth-order valence-corrected chi connectivity index (χ4v) is 2.81. The number of aromatic nitrogens is 1. The van der Waals surface area contributed by atoms with Crippen LogP contribution in [0.1, 0.15) is 32.7 Å². The highest BCUT2D eigenvalue weighted by molar-refractivity contribution is 5.97. The second-order valence-corrected chi connectivity index (χ2v) is 5.77. The Bertz CT molecular complexity index is 968. The van der Waals surface area contributed by atoms with Gasteiger partial charge in [0.2, 0.25) is 0 Å². The molecule has 0 radical (unpaired) electrons. The third-order valence-corrected chi connectivity index (χ3v) is 4.00. The van der Waals surface area contributed by atoms with Crippen molar-refractivity contribution in [3.05, 3.63) is 70.4 Å². The van der Waals surface area contributed by atoms with Crippen LogP contribution in [0.25, 0.3) is 10.9 Å². The van der Waals surface area contributed by atoms with Crippen molar-refractivity contribution in [2.75, 3.05) is 0 Å². The maximum absolute atomic E-state index is 13.2. The molecule has 0 saturated heterocycles. The van der Waals surface area contributed by atoms with Gasteiger partial charge in [-0.15, -0.1) is 0 Å². The van der Waals surface area contributed by atoms with Gasteiger partial charge in [0.15, 0.2) is 6.29 Å². The minimum absolute atomic E-state index is 0.120. The minimum Gasteiger partial charge on any atom is -0.358 e. The zero-order valence-electron chi connectivity index (χ0n) is 13.0. The minimum atomic E-state index is -4.92. The molecule has 0 atom stereocenters. The van der Waals surface area contributed by atoms with E-state index in [1.54, 1.807) is 18.2 Å². The molecular formula is C18H11F6NO. The molecule has 0 spiro atoms. The Hall–Kier alpha value is -2.77. The third kappa shape index (κ3) is 3.44. The maximum Gasteiger partial charge on any atom is 0.416 e. The van der Waals surface area contributed by atoms with Crippen LogP contribution in [0.4, 0.5) is 26.3 Å². The summed E-state index contributed by atoms with van der Waals surface area (Å²) in [5.74, 6) is 0. The summed E-state index contributed by atoms with van der Waals surface area (Å²) in [6.45, 7) is 0. The molecule has 0 fully saturated rings. The number of hydrogen-bond acceptors (Lipinski definition) is 1. The number of hydrogen-bond donors (Lipinski definition) is 1. The van der Waals surface area contributed by atoms with E-state index in [-0.39, 0.29) is 18.1 Å². The van der Waals surface area contributed by atoms with E-state index in [0.717, 1.165) is 6.07 Å². The molecule has 0 aliphatic heterocycles. The Labute approximate surface area is 143 Å². The fourth-order valence-electron chi connectivity index (χ4n) is 2.81.